The second-order valence-corrected chi connectivity index (χ2v) is 18.5. The minimum Gasteiger partial charge on any atom is -0.456 e. The van der Waals surface area contributed by atoms with Crippen molar-refractivity contribution >= 4 is 108 Å². The number of nitrogens with zero attached hydrogens (tertiary/aromatic N) is 4. The Balaban J connectivity index is 1.04. The third-order valence-electron chi connectivity index (χ3n) is 13.7. The van der Waals surface area contributed by atoms with Crippen molar-refractivity contribution in [1.82, 2.24) is 19.5 Å². The highest BCUT2D eigenvalue weighted by Crippen LogP contribution is 2.46. The van der Waals surface area contributed by atoms with E-state index < -0.39 is 0 Å². The van der Waals surface area contributed by atoms with Crippen LogP contribution in [-0.4, -0.2) is 19.5 Å². The Morgan fingerprint density at radius 2 is 0.897 bits per heavy atom. The Labute approximate surface area is 391 Å². The van der Waals surface area contributed by atoms with E-state index in [0.717, 1.165) is 88.4 Å². The highest BCUT2D eigenvalue weighted by atomic mass is 32.1. The number of rotatable bonds is 5. The first-order valence-corrected chi connectivity index (χ1v) is 23.6. The molecule has 6 nitrogen and oxygen atoms in total. The maximum Gasteiger partial charge on any atom is 0.164 e. The quantitative estimate of drug-likeness (QED) is 0.172. The van der Waals surface area contributed by atoms with Crippen LogP contribution in [-0.2, 0) is 0 Å². The summed E-state index contributed by atoms with van der Waals surface area (Å²) in [4.78, 5) is 16.2. The van der Waals surface area contributed by atoms with Gasteiger partial charge in [0.2, 0.25) is 0 Å². The maximum atomic E-state index is 6.41. The fourth-order valence-corrected chi connectivity index (χ4v) is 11.9. The van der Waals surface area contributed by atoms with Crippen LogP contribution in [0.15, 0.2) is 215 Å². The molecule has 15 rings (SSSR count). The molecule has 0 saturated heterocycles. The van der Waals surface area contributed by atoms with Gasteiger partial charge in [0, 0.05) is 80.3 Å². The van der Waals surface area contributed by atoms with E-state index in [1.807, 2.05) is 72.0 Å². The zero-order chi connectivity index (χ0) is 44.5. The van der Waals surface area contributed by atoms with Crippen LogP contribution in [0.1, 0.15) is 0 Å². The SMILES string of the molecule is c1ccc2cc3c(cc2c1)c1ccccc1n3-c1ccc(-c2nc(-c3cccc4oc5ccccc5c34)nc(-c3cccc4oc5ccccc5c34)n2)cc1-c1cccc2c1sc1ccccc12. The van der Waals surface area contributed by atoms with Gasteiger partial charge in [0.05, 0.1) is 16.7 Å². The van der Waals surface area contributed by atoms with Crippen LogP contribution in [0, 0.1) is 0 Å². The zero-order valence-corrected chi connectivity index (χ0v) is 37.0. The molecule has 5 heterocycles. The monoisotopic (exact) mass is 886 g/mol. The molecule has 7 heteroatoms. The molecule has 0 spiro atoms. The van der Waals surface area contributed by atoms with Gasteiger partial charge in [-0.05, 0) is 77.5 Å². The smallest absolute Gasteiger partial charge is 0.164 e. The number of furan rings is 2. The minimum atomic E-state index is 0.554. The number of benzene rings is 10. The summed E-state index contributed by atoms with van der Waals surface area (Å²) >= 11 is 1.84. The van der Waals surface area contributed by atoms with E-state index >= 15 is 0 Å². The summed E-state index contributed by atoms with van der Waals surface area (Å²) in [6.07, 6.45) is 0. The minimum absolute atomic E-state index is 0.554. The van der Waals surface area contributed by atoms with Crippen molar-refractivity contribution in [2.24, 2.45) is 0 Å². The molecule has 68 heavy (non-hydrogen) atoms. The van der Waals surface area contributed by atoms with Gasteiger partial charge < -0.3 is 13.4 Å². The summed E-state index contributed by atoms with van der Waals surface area (Å²) in [7, 11) is 0. The van der Waals surface area contributed by atoms with Crippen LogP contribution in [0.4, 0.5) is 0 Å². The predicted octanol–water partition coefficient (Wildman–Crippen LogP) is 17.0. The fraction of sp³-hybridized carbons (Fsp3) is 0. The average molecular weight is 887 g/mol. The second kappa shape index (κ2) is 14.3. The van der Waals surface area contributed by atoms with Crippen molar-refractivity contribution in [2.45, 2.75) is 0 Å². The van der Waals surface area contributed by atoms with E-state index in [1.54, 1.807) is 0 Å². The van der Waals surface area contributed by atoms with Gasteiger partial charge in [0.25, 0.3) is 0 Å². The molecule has 5 aromatic heterocycles. The van der Waals surface area contributed by atoms with Crippen LogP contribution in [0.3, 0.4) is 0 Å². The molecule has 0 atom stereocenters. The topological polar surface area (TPSA) is 69.9 Å². The number of hydrogen-bond acceptors (Lipinski definition) is 6. The lowest BCUT2D eigenvalue weighted by Crippen LogP contribution is -2.02. The fourth-order valence-electron chi connectivity index (χ4n) is 10.6. The molecular weight excluding hydrogens is 853 g/mol. The van der Waals surface area contributed by atoms with Gasteiger partial charge in [-0.25, -0.2) is 15.0 Å². The van der Waals surface area contributed by atoms with Crippen molar-refractivity contribution in [3.05, 3.63) is 206 Å². The molecule has 0 saturated carbocycles. The highest BCUT2D eigenvalue weighted by molar-refractivity contribution is 7.26. The molecular formula is C61H34N4O2S. The van der Waals surface area contributed by atoms with Gasteiger partial charge in [-0.1, -0.05) is 140 Å². The normalized spacial score (nSPS) is 12.1. The Morgan fingerprint density at radius 3 is 1.62 bits per heavy atom. The van der Waals surface area contributed by atoms with Gasteiger partial charge in [0.1, 0.15) is 22.3 Å². The molecule has 316 valence electrons. The Morgan fingerprint density at radius 1 is 0.353 bits per heavy atom. The molecule has 0 aliphatic heterocycles. The summed E-state index contributed by atoms with van der Waals surface area (Å²) in [5, 5.41) is 11.3. The lowest BCUT2D eigenvalue weighted by Gasteiger charge is -2.17. The summed E-state index contributed by atoms with van der Waals surface area (Å²) in [5.41, 5.74) is 11.3. The van der Waals surface area contributed by atoms with Gasteiger partial charge in [-0.3, -0.25) is 0 Å². The first-order valence-electron chi connectivity index (χ1n) is 22.7. The van der Waals surface area contributed by atoms with Crippen LogP contribution in [0.5, 0.6) is 0 Å². The largest absolute Gasteiger partial charge is 0.456 e. The average Bonchev–Trinajstić information content (AvgIpc) is 4.17. The molecule has 0 aliphatic carbocycles. The molecule has 0 fully saturated rings. The highest BCUT2D eigenvalue weighted by Gasteiger charge is 2.24. The van der Waals surface area contributed by atoms with Crippen molar-refractivity contribution in [3.8, 4) is 51.0 Å². The molecule has 0 radical (unpaired) electrons. The number of thiophene rings is 1. The lowest BCUT2D eigenvalue weighted by molar-refractivity contribution is 0.668. The van der Waals surface area contributed by atoms with E-state index in [1.165, 1.54) is 41.7 Å². The molecule has 15 aromatic rings. The second-order valence-electron chi connectivity index (χ2n) is 17.4. The Hall–Kier alpha value is -8.91. The van der Waals surface area contributed by atoms with E-state index in [2.05, 4.69) is 150 Å². The van der Waals surface area contributed by atoms with Crippen molar-refractivity contribution < 1.29 is 8.83 Å². The number of hydrogen-bond donors (Lipinski definition) is 0. The molecule has 10 aromatic carbocycles. The lowest BCUT2D eigenvalue weighted by atomic mass is 9.98. The third kappa shape index (κ3) is 5.48. The van der Waals surface area contributed by atoms with Crippen molar-refractivity contribution in [3.63, 3.8) is 0 Å². The van der Waals surface area contributed by atoms with E-state index in [-0.39, 0.29) is 0 Å². The summed E-state index contributed by atoms with van der Waals surface area (Å²) in [6.45, 7) is 0. The standard InChI is InChI=1S/C61H34N4O2S/c1-2-15-36-34-50-46(32-35(36)14-1)38-16-3-7-24-48(38)65(50)49-31-30-37(33-47(49)41-21-11-20-40-39-17-6-10-29-55(39)68-58(40)41)59-62-60(44-22-12-27-53-56(44)42-18-4-8-25-51(42)66-53)64-61(63-59)45-23-13-28-54-57(45)43-19-5-9-26-52(43)67-54/h1-34H. The number of fused-ring (bicyclic) bond motifs is 13. The summed E-state index contributed by atoms with van der Waals surface area (Å²) < 4.78 is 17.7. The van der Waals surface area contributed by atoms with Crippen molar-refractivity contribution in [1.29, 1.82) is 0 Å². The molecule has 0 bridgehead atoms. The first-order chi connectivity index (χ1) is 33.7. The third-order valence-corrected chi connectivity index (χ3v) is 14.9. The molecule has 0 unspecified atom stereocenters. The van der Waals surface area contributed by atoms with Gasteiger partial charge in [0.15, 0.2) is 17.5 Å². The van der Waals surface area contributed by atoms with Crippen LogP contribution < -0.4 is 0 Å². The van der Waals surface area contributed by atoms with Crippen LogP contribution in [0.25, 0.3) is 148 Å². The maximum absolute atomic E-state index is 6.41. The Bertz CT molecular complexity index is 4460. The van der Waals surface area contributed by atoms with E-state index in [0.29, 0.717) is 17.5 Å². The number of para-hydroxylation sites is 3. The molecule has 0 aliphatic rings. The molecule has 0 amide bonds. The molecule has 0 N–H and O–H groups in total. The van der Waals surface area contributed by atoms with E-state index in [4.69, 9.17) is 23.8 Å². The van der Waals surface area contributed by atoms with Gasteiger partial charge in [-0.2, -0.15) is 0 Å². The van der Waals surface area contributed by atoms with E-state index in [9.17, 15) is 0 Å². The zero-order valence-electron chi connectivity index (χ0n) is 36.1. The van der Waals surface area contributed by atoms with Crippen molar-refractivity contribution in [2.75, 3.05) is 0 Å². The Kier molecular flexibility index (Phi) is 7.85. The first kappa shape index (κ1) is 37.3. The van der Waals surface area contributed by atoms with Crippen LogP contribution >= 0.6 is 11.3 Å². The summed E-state index contributed by atoms with van der Waals surface area (Å²) in [6, 6.07) is 72.8. The summed E-state index contributed by atoms with van der Waals surface area (Å²) in [5.74, 6) is 1.67. The predicted molar refractivity (Wildman–Crippen MR) is 281 cm³/mol. The van der Waals surface area contributed by atoms with Gasteiger partial charge >= 0.3 is 0 Å². The number of aromatic nitrogens is 4. The van der Waals surface area contributed by atoms with Gasteiger partial charge in [-0.15, -0.1) is 11.3 Å². The van der Waals surface area contributed by atoms with Crippen LogP contribution in [0.2, 0.25) is 0 Å².